The minimum Gasteiger partial charge on any atom is -0.373 e. The quantitative estimate of drug-likeness (QED) is 0.371. The molecule has 2 aromatic carbocycles. The molecule has 6 rings (SSSR count). The molecule has 0 spiro atoms. The Bertz CT molecular complexity index is 1390. The highest BCUT2D eigenvalue weighted by Gasteiger charge is 2.32. The van der Waals surface area contributed by atoms with Gasteiger partial charge in [0.2, 0.25) is 0 Å². The summed E-state index contributed by atoms with van der Waals surface area (Å²) in [5.74, 6) is 1.26. The van der Waals surface area contributed by atoms with E-state index in [2.05, 4.69) is 15.3 Å². The molecule has 0 bridgehead atoms. The van der Waals surface area contributed by atoms with Crippen molar-refractivity contribution in [2.45, 2.75) is 56.6 Å². The SMILES string of the molecule is COC(c1nc2ccc(C(=O)NC3CC3)cc2[nH]1)C1CCC(c2ccnc3ccc(F)cc23)CC1. The smallest absolute Gasteiger partial charge is 0.251 e. The van der Waals surface area contributed by atoms with Gasteiger partial charge in [-0.15, -0.1) is 0 Å². The van der Waals surface area contributed by atoms with Crippen molar-refractivity contribution in [2.24, 2.45) is 5.92 Å². The highest BCUT2D eigenvalue weighted by molar-refractivity contribution is 5.97. The fourth-order valence-electron chi connectivity index (χ4n) is 5.56. The average molecular weight is 473 g/mol. The summed E-state index contributed by atoms with van der Waals surface area (Å²) >= 11 is 0. The number of amides is 1. The fraction of sp³-hybridized carbons (Fsp3) is 0.393. The molecule has 6 nitrogen and oxygen atoms in total. The standard InChI is InChI=1S/C28H29FN4O2/c1-35-26(27-32-24-10-6-18(14-25(24)33-27)28(34)31-20-8-9-20)17-4-2-16(3-5-17)21-12-13-30-23-11-7-19(29)15-22(21)23/h6-7,10-17,20,26H,2-5,8-9H2,1H3,(H,31,34)(H,32,33). The Kier molecular flexibility index (Phi) is 5.72. The zero-order valence-corrected chi connectivity index (χ0v) is 19.8. The summed E-state index contributed by atoms with van der Waals surface area (Å²) in [7, 11) is 1.73. The maximum atomic E-state index is 13.9. The van der Waals surface area contributed by atoms with E-state index in [0.29, 0.717) is 23.4 Å². The molecule has 2 aromatic heterocycles. The highest BCUT2D eigenvalue weighted by Crippen LogP contribution is 2.43. The van der Waals surface area contributed by atoms with Gasteiger partial charge >= 0.3 is 0 Å². The van der Waals surface area contributed by atoms with Crippen molar-refractivity contribution in [3.63, 3.8) is 0 Å². The van der Waals surface area contributed by atoms with Gasteiger partial charge in [-0.3, -0.25) is 9.78 Å². The first kappa shape index (κ1) is 22.2. The van der Waals surface area contributed by atoms with E-state index < -0.39 is 0 Å². The zero-order valence-electron chi connectivity index (χ0n) is 19.8. The number of halogens is 1. The van der Waals surface area contributed by atoms with E-state index in [1.807, 2.05) is 30.5 Å². The maximum Gasteiger partial charge on any atom is 0.251 e. The van der Waals surface area contributed by atoms with E-state index >= 15 is 0 Å². The molecular weight excluding hydrogens is 443 g/mol. The second-order valence-corrected chi connectivity index (χ2v) is 9.93. The van der Waals surface area contributed by atoms with Gasteiger partial charge in [-0.2, -0.15) is 0 Å². The second kappa shape index (κ2) is 9.04. The molecule has 35 heavy (non-hydrogen) atoms. The number of aromatic nitrogens is 3. The summed E-state index contributed by atoms with van der Waals surface area (Å²) < 4.78 is 19.9. The summed E-state index contributed by atoms with van der Waals surface area (Å²) in [5.41, 5.74) is 4.36. The number of H-pyrrole nitrogens is 1. The monoisotopic (exact) mass is 472 g/mol. The fourth-order valence-corrected chi connectivity index (χ4v) is 5.56. The number of hydrogen-bond acceptors (Lipinski definition) is 4. The van der Waals surface area contributed by atoms with Crippen molar-refractivity contribution in [1.29, 1.82) is 0 Å². The van der Waals surface area contributed by atoms with Crippen molar-refractivity contribution in [3.8, 4) is 0 Å². The molecule has 2 N–H and O–H groups in total. The van der Waals surface area contributed by atoms with Gasteiger partial charge in [-0.1, -0.05) is 0 Å². The zero-order chi connectivity index (χ0) is 23.9. The number of aromatic amines is 1. The Morgan fingerprint density at radius 3 is 2.63 bits per heavy atom. The molecule has 2 fully saturated rings. The topological polar surface area (TPSA) is 79.9 Å². The van der Waals surface area contributed by atoms with Crippen molar-refractivity contribution in [1.82, 2.24) is 20.3 Å². The maximum absolute atomic E-state index is 13.9. The molecule has 0 aliphatic heterocycles. The molecule has 180 valence electrons. The van der Waals surface area contributed by atoms with Crippen LogP contribution in [-0.2, 0) is 4.74 Å². The number of ether oxygens (including phenoxy) is 1. The van der Waals surface area contributed by atoms with Gasteiger partial charge in [-0.05, 0) is 98.4 Å². The summed E-state index contributed by atoms with van der Waals surface area (Å²) in [6.45, 7) is 0. The molecule has 2 aliphatic carbocycles. The molecule has 0 saturated heterocycles. The Balaban J connectivity index is 1.19. The molecule has 0 radical (unpaired) electrons. The molecule has 1 unspecified atom stereocenters. The predicted molar refractivity (Wildman–Crippen MR) is 133 cm³/mol. The van der Waals surface area contributed by atoms with Crippen LogP contribution in [0, 0.1) is 11.7 Å². The number of imidazole rings is 1. The lowest BCUT2D eigenvalue weighted by Crippen LogP contribution is -2.25. The number of pyridine rings is 1. The molecule has 2 aliphatic rings. The molecular formula is C28H29FN4O2. The van der Waals surface area contributed by atoms with Crippen LogP contribution in [0.3, 0.4) is 0 Å². The number of carbonyl (C=O) groups excluding carboxylic acids is 1. The van der Waals surface area contributed by atoms with Crippen molar-refractivity contribution in [3.05, 3.63) is 71.4 Å². The first-order valence-electron chi connectivity index (χ1n) is 12.5. The van der Waals surface area contributed by atoms with Gasteiger partial charge in [0.25, 0.3) is 5.91 Å². The molecule has 2 heterocycles. The third-order valence-electron chi connectivity index (χ3n) is 7.58. The van der Waals surface area contributed by atoms with E-state index in [1.54, 1.807) is 19.2 Å². The lowest BCUT2D eigenvalue weighted by Gasteiger charge is -2.33. The Hall–Kier alpha value is -3.32. The number of rotatable bonds is 6. The highest BCUT2D eigenvalue weighted by atomic mass is 19.1. The number of benzene rings is 2. The molecule has 7 heteroatoms. The van der Waals surface area contributed by atoms with Gasteiger partial charge in [-0.25, -0.2) is 9.37 Å². The second-order valence-electron chi connectivity index (χ2n) is 9.93. The summed E-state index contributed by atoms with van der Waals surface area (Å²) in [6.07, 6.45) is 7.81. The minimum absolute atomic E-state index is 0.0318. The van der Waals surface area contributed by atoms with Gasteiger partial charge in [0.1, 0.15) is 17.7 Å². The van der Waals surface area contributed by atoms with E-state index in [-0.39, 0.29) is 17.8 Å². The number of nitrogens with zero attached hydrogens (tertiary/aromatic N) is 2. The number of methoxy groups -OCH3 is 1. The van der Waals surface area contributed by atoms with Crippen molar-refractivity contribution >= 4 is 27.8 Å². The van der Waals surface area contributed by atoms with Crippen LogP contribution in [0.2, 0.25) is 0 Å². The molecule has 4 aromatic rings. The van der Waals surface area contributed by atoms with Gasteiger partial charge in [0, 0.05) is 30.3 Å². The summed E-state index contributed by atoms with van der Waals surface area (Å²) in [6, 6.07) is 12.8. The number of carbonyl (C=O) groups is 1. The Morgan fingerprint density at radius 1 is 1.06 bits per heavy atom. The normalized spacial score (nSPS) is 21.3. The number of hydrogen-bond donors (Lipinski definition) is 2. The van der Waals surface area contributed by atoms with Crippen molar-refractivity contribution < 1.29 is 13.9 Å². The van der Waals surface area contributed by atoms with E-state index in [0.717, 1.165) is 66.3 Å². The van der Waals surface area contributed by atoms with E-state index in [4.69, 9.17) is 9.72 Å². The van der Waals surface area contributed by atoms with Crippen molar-refractivity contribution in [2.75, 3.05) is 7.11 Å². The van der Waals surface area contributed by atoms with Crippen LogP contribution in [0.15, 0.2) is 48.7 Å². The van der Waals surface area contributed by atoms with Crippen LogP contribution < -0.4 is 5.32 Å². The number of nitrogens with one attached hydrogen (secondary N) is 2. The third kappa shape index (κ3) is 4.41. The molecule has 2 saturated carbocycles. The van der Waals surface area contributed by atoms with Crippen LogP contribution in [0.4, 0.5) is 4.39 Å². The van der Waals surface area contributed by atoms with Gasteiger partial charge in [0.05, 0.1) is 16.6 Å². The molecule has 1 amide bonds. The summed E-state index contributed by atoms with van der Waals surface area (Å²) in [4.78, 5) is 25.1. The third-order valence-corrected chi connectivity index (χ3v) is 7.58. The van der Waals surface area contributed by atoms with Crippen LogP contribution >= 0.6 is 0 Å². The lowest BCUT2D eigenvalue weighted by atomic mass is 9.76. The summed E-state index contributed by atoms with van der Waals surface area (Å²) in [5, 5.41) is 3.95. The van der Waals surface area contributed by atoms with Crippen LogP contribution in [0.5, 0.6) is 0 Å². The van der Waals surface area contributed by atoms with Crippen LogP contribution in [-0.4, -0.2) is 34.0 Å². The van der Waals surface area contributed by atoms with E-state index in [9.17, 15) is 9.18 Å². The Morgan fingerprint density at radius 2 is 1.86 bits per heavy atom. The largest absolute Gasteiger partial charge is 0.373 e. The first-order chi connectivity index (χ1) is 17.1. The molecule has 1 atom stereocenters. The van der Waals surface area contributed by atoms with E-state index in [1.165, 1.54) is 11.6 Å². The van der Waals surface area contributed by atoms with Crippen LogP contribution in [0.1, 0.15) is 72.3 Å². The average Bonchev–Trinajstić information content (AvgIpc) is 3.59. The lowest BCUT2D eigenvalue weighted by molar-refractivity contribution is 0.0274. The number of fused-ring (bicyclic) bond motifs is 2. The Labute approximate surface area is 203 Å². The minimum atomic E-state index is -0.224. The predicted octanol–water partition coefficient (Wildman–Crippen LogP) is 5.80. The van der Waals surface area contributed by atoms with Gasteiger partial charge < -0.3 is 15.0 Å². The van der Waals surface area contributed by atoms with Crippen LogP contribution in [0.25, 0.3) is 21.9 Å². The van der Waals surface area contributed by atoms with Gasteiger partial charge in [0.15, 0.2) is 0 Å². The first-order valence-corrected chi connectivity index (χ1v) is 12.5.